The summed E-state index contributed by atoms with van der Waals surface area (Å²) in [5.41, 5.74) is 4.99. The number of fused-ring (bicyclic) bond motifs is 3. The highest BCUT2D eigenvalue weighted by atomic mass is 32.2. The number of nitrogens with one attached hydrogen (secondary N) is 2. The van der Waals surface area contributed by atoms with Crippen molar-refractivity contribution in [2.75, 3.05) is 17.1 Å². The lowest BCUT2D eigenvalue weighted by Gasteiger charge is -2.37. The van der Waals surface area contributed by atoms with Gasteiger partial charge in [-0.15, -0.1) is 0 Å². The van der Waals surface area contributed by atoms with Gasteiger partial charge in [0.2, 0.25) is 0 Å². The molecule has 3 aromatic rings. The molecule has 2 N–H and O–H groups in total. The third-order valence-electron chi connectivity index (χ3n) is 6.40. The number of hydrogen-bond donors (Lipinski definition) is 2. The number of benzene rings is 3. The van der Waals surface area contributed by atoms with Gasteiger partial charge in [-0.3, -0.25) is 4.72 Å². The number of allylic oxidation sites excluding steroid dienone is 2. The first kappa shape index (κ1) is 20.6. The molecular formula is C26H26N2O3S. The molecule has 0 unspecified atom stereocenters. The van der Waals surface area contributed by atoms with Gasteiger partial charge in [-0.1, -0.05) is 48.0 Å². The molecule has 0 fully saturated rings. The van der Waals surface area contributed by atoms with Crippen LogP contribution in [0.1, 0.15) is 35.1 Å². The standard InChI is InChI=1S/C26H26N2O3S/c1-17-9-11-18(12-10-17)26-23-8-4-7-22(23)24-16-21(13-14-25(24)27-26)32(29,30)28-19-5-3-6-20(15-19)31-2/h3-7,9-16,22-23,26-28H,8H2,1-2H3/t22-,23+,26+/m0/s1. The lowest BCUT2D eigenvalue weighted by molar-refractivity contribution is 0.415. The molecule has 5 rings (SSSR count). The summed E-state index contributed by atoms with van der Waals surface area (Å²) in [6.07, 6.45) is 5.40. The van der Waals surface area contributed by atoms with Gasteiger partial charge in [-0.2, -0.15) is 0 Å². The summed E-state index contributed by atoms with van der Waals surface area (Å²) in [6, 6.07) is 21.1. The van der Waals surface area contributed by atoms with Crippen LogP contribution in [0.25, 0.3) is 0 Å². The van der Waals surface area contributed by atoms with Gasteiger partial charge in [0.15, 0.2) is 0 Å². The largest absolute Gasteiger partial charge is 0.497 e. The Hall–Kier alpha value is -3.25. The number of methoxy groups -OCH3 is 1. The zero-order valence-corrected chi connectivity index (χ0v) is 18.9. The molecule has 0 aromatic heterocycles. The zero-order chi connectivity index (χ0) is 22.3. The fourth-order valence-electron chi connectivity index (χ4n) is 4.74. The van der Waals surface area contributed by atoms with Crippen LogP contribution in [0, 0.1) is 12.8 Å². The molecule has 1 aliphatic heterocycles. The quantitative estimate of drug-likeness (QED) is 0.499. The number of ether oxygens (including phenoxy) is 1. The third kappa shape index (κ3) is 3.75. The molecule has 32 heavy (non-hydrogen) atoms. The summed E-state index contributed by atoms with van der Waals surface area (Å²) in [5, 5.41) is 3.68. The summed E-state index contributed by atoms with van der Waals surface area (Å²) in [5.74, 6) is 1.14. The van der Waals surface area contributed by atoms with Gasteiger partial charge in [0.25, 0.3) is 10.0 Å². The molecule has 0 amide bonds. The molecule has 0 saturated heterocycles. The van der Waals surface area contributed by atoms with Crippen molar-refractivity contribution in [2.24, 2.45) is 5.92 Å². The smallest absolute Gasteiger partial charge is 0.261 e. The number of rotatable bonds is 5. The lowest BCUT2D eigenvalue weighted by Crippen LogP contribution is -2.29. The van der Waals surface area contributed by atoms with Crippen LogP contribution >= 0.6 is 0 Å². The van der Waals surface area contributed by atoms with E-state index in [0.29, 0.717) is 17.4 Å². The van der Waals surface area contributed by atoms with Crippen LogP contribution < -0.4 is 14.8 Å². The van der Waals surface area contributed by atoms with Gasteiger partial charge in [0, 0.05) is 17.7 Å². The van der Waals surface area contributed by atoms with Crippen molar-refractivity contribution in [3.8, 4) is 5.75 Å². The maximum Gasteiger partial charge on any atom is 0.261 e. The van der Waals surface area contributed by atoms with Gasteiger partial charge < -0.3 is 10.1 Å². The summed E-state index contributed by atoms with van der Waals surface area (Å²) < 4.78 is 34.1. The van der Waals surface area contributed by atoms with Crippen LogP contribution in [0.2, 0.25) is 0 Å². The van der Waals surface area contributed by atoms with Gasteiger partial charge in [0.05, 0.1) is 23.7 Å². The van der Waals surface area contributed by atoms with Crippen molar-refractivity contribution < 1.29 is 13.2 Å². The van der Waals surface area contributed by atoms with Crippen LogP contribution in [-0.4, -0.2) is 15.5 Å². The molecule has 0 radical (unpaired) electrons. The van der Waals surface area contributed by atoms with Crippen molar-refractivity contribution in [3.05, 3.63) is 95.6 Å². The highest BCUT2D eigenvalue weighted by molar-refractivity contribution is 7.92. The molecule has 3 atom stereocenters. The fraction of sp³-hybridized carbons (Fsp3) is 0.231. The Labute approximate surface area is 189 Å². The molecule has 0 spiro atoms. The molecule has 0 saturated carbocycles. The van der Waals surface area contributed by atoms with E-state index in [9.17, 15) is 8.42 Å². The summed E-state index contributed by atoms with van der Waals surface area (Å²) in [7, 11) is -2.17. The Balaban J connectivity index is 1.47. The van der Waals surface area contributed by atoms with Gasteiger partial charge in [0.1, 0.15) is 5.75 Å². The Morgan fingerprint density at radius 1 is 1.03 bits per heavy atom. The maximum absolute atomic E-state index is 13.1. The number of sulfonamides is 1. The minimum Gasteiger partial charge on any atom is -0.497 e. The van der Waals surface area contributed by atoms with Crippen LogP contribution in [0.15, 0.2) is 83.8 Å². The minimum absolute atomic E-state index is 0.185. The molecule has 1 aliphatic carbocycles. The zero-order valence-electron chi connectivity index (χ0n) is 18.1. The van der Waals surface area contributed by atoms with Crippen molar-refractivity contribution in [1.82, 2.24) is 0 Å². The SMILES string of the molecule is COc1cccc(NS(=O)(=O)c2ccc3c(c2)[C@H]2C=CC[C@H]2[C@@H](c2ccc(C)cc2)N3)c1. The second-order valence-electron chi connectivity index (χ2n) is 8.47. The Morgan fingerprint density at radius 3 is 2.62 bits per heavy atom. The predicted octanol–water partition coefficient (Wildman–Crippen LogP) is 5.63. The van der Waals surface area contributed by atoms with E-state index >= 15 is 0 Å². The van der Waals surface area contributed by atoms with Crippen molar-refractivity contribution in [3.63, 3.8) is 0 Å². The average Bonchev–Trinajstić information content (AvgIpc) is 3.29. The molecule has 6 heteroatoms. The molecule has 5 nitrogen and oxygen atoms in total. The van der Waals surface area contributed by atoms with Crippen LogP contribution in [0.3, 0.4) is 0 Å². The monoisotopic (exact) mass is 446 g/mol. The third-order valence-corrected chi connectivity index (χ3v) is 7.78. The van der Waals surface area contributed by atoms with Gasteiger partial charge >= 0.3 is 0 Å². The fourth-order valence-corrected chi connectivity index (χ4v) is 5.83. The minimum atomic E-state index is -3.73. The first-order chi connectivity index (χ1) is 15.4. The van der Waals surface area contributed by atoms with Gasteiger partial charge in [-0.25, -0.2) is 8.42 Å². The van der Waals surface area contributed by atoms with E-state index < -0.39 is 10.0 Å². The van der Waals surface area contributed by atoms with Crippen molar-refractivity contribution in [1.29, 1.82) is 0 Å². The van der Waals surface area contributed by atoms with Crippen LogP contribution in [0.4, 0.5) is 11.4 Å². The summed E-state index contributed by atoms with van der Waals surface area (Å²) >= 11 is 0. The van der Waals surface area contributed by atoms with Crippen LogP contribution in [-0.2, 0) is 10.0 Å². The highest BCUT2D eigenvalue weighted by Crippen LogP contribution is 2.50. The van der Waals surface area contributed by atoms with E-state index in [0.717, 1.165) is 17.7 Å². The van der Waals surface area contributed by atoms with E-state index in [1.165, 1.54) is 11.1 Å². The van der Waals surface area contributed by atoms with E-state index in [2.05, 4.69) is 53.4 Å². The molecule has 0 bridgehead atoms. The molecule has 1 heterocycles. The summed E-state index contributed by atoms with van der Waals surface area (Å²) in [4.78, 5) is 0.258. The topological polar surface area (TPSA) is 67.4 Å². The van der Waals surface area contributed by atoms with Gasteiger partial charge in [-0.05, 0) is 60.7 Å². The number of aryl methyl sites for hydroxylation is 1. The van der Waals surface area contributed by atoms with E-state index in [-0.39, 0.29) is 16.9 Å². The molecular weight excluding hydrogens is 420 g/mol. The van der Waals surface area contributed by atoms with Crippen molar-refractivity contribution in [2.45, 2.75) is 30.2 Å². The summed E-state index contributed by atoms with van der Waals surface area (Å²) in [6.45, 7) is 2.09. The van der Waals surface area contributed by atoms with Crippen molar-refractivity contribution >= 4 is 21.4 Å². The predicted molar refractivity (Wildman–Crippen MR) is 128 cm³/mol. The highest BCUT2D eigenvalue weighted by Gasteiger charge is 2.38. The second-order valence-corrected chi connectivity index (χ2v) is 10.2. The molecule has 2 aliphatic rings. The molecule has 3 aromatic carbocycles. The van der Waals surface area contributed by atoms with E-state index in [4.69, 9.17) is 4.74 Å². The Morgan fingerprint density at radius 2 is 1.84 bits per heavy atom. The first-order valence-corrected chi connectivity index (χ1v) is 12.2. The first-order valence-electron chi connectivity index (χ1n) is 10.8. The van der Waals surface area contributed by atoms with E-state index in [1.54, 1.807) is 37.4 Å². The average molecular weight is 447 g/mol. The van der Waals surface area contributed by atoms with Crippen LogP contribution in [0.5, 0.6) is 5.75 Å². The maximum atomic E-state index is 13.1. The lowest BCUT2D eigenvalue weighted by atomic mass is 9.77. The second kappa shape index (κ2) is 8.02. The molecule has 164 valence electrons. The Bertz CT molecular complexity index is 1280. The van der Waals surface area contributed by atoms with E-state index in [1.807, 2.05) is 12.1 Å². The normalized spacial score (nSPS) is 21.4. The Kier molecular flexibility index (Phi) is 5.18. The number of hydrogen-bond acceptors (Lipinski definition) is 4. The number of anilines is 2.